The molecule has 23 heavy (non-hydrogen) atoms. The van der Waals surface area contributed by atoms with E-state index in [-0.39, 0.29) is 5.75 Å². The molecule has 0 heterocycles. The first kappa shape index (κ1) is 15.0. The molecule has 0 aromatic heterocycles. The standard InChI is InChI=1S/C20H18O3/c1-15(22-17-11-6-3-7-12-17)23-19-14-8-13-18(21)20(19)16-9-4-2-5-10-16/h2-15,21H,1H3. The van der Waals surface area contributed by atoms with E-state index in [0.717, 1.165) is 11.3 Å². The maximum atomic E-state index is 10.2. The van der Waals surface area contributed by atoms with Crippen LogP contribution in [0.15, 0.2) is 78.9 Å². The van der Waals surface area contributed by atoms with Crippen molar-refractivity contribution in [1.82, 2.24) is 0 Å². The molecule has 3 nitrogen and oxygen atoms in total. The molecule has 0 spiro atoms. The summed E-state index contributed by atoms with van der Waals surface area (Å²) in [5.74, 6) is 1.50. The summed E-state index contributed by atoms with van der Waals surface area (Å²) in [6, 6.07) is 24.4. The van der Waals surface area contributed by atoms with Crippen molar-refractivity contribution < 1.29 is 14.6 Å². The fourth-order valence-corrected chi connectivity index (χ4v) is 2.41. The summed E-state index contributed by atoms with van der Waals surface area (Å²) >= 11 is 0. The number of hydrogen-bond acceptors (Lipinski definition) is 3. The zero-order valence-corrected chi connectivity index (χ0v) is 12.8. The molecule has 0 fully saturated rings. The number of ether oxygens (including phenoxy) is 2. The van der Waals surface area contributed by atoms with Crippen LogP contribution in [0.4, 0.5) is 0 Å². The molecule has 0 aliphatic rings. The second-order valence-corrected chi connectivity index (χ2v) is 5.13. The van der Waals surface area contributed by atoms with Crippen LogP contribution in [0.1, 0.15) is 6.92 Å². The number of hydrogen-bond donors (Lipinski definition) is 1. The second kappa shape index (κ2) is 6.88. The Labute approximate surface area is 135 Å². The maximum Gasteiger partial charge on any atom is 0.238 e. The first-order valence-corrected chi connectivity index (χ1v) is 7.50. The minimum Gasteiger partial charge on any atom is -0.507 e. The Kier molecular flexibility index (Phi) is 4.48. The molecule has 1 atom stereocenters. The molecule has 0 aliphatic carbocycles. The highest BCUT2D eigenvalue weighted by atomic mass is 16.7. The second-order valence-electron chi connectivity index (χ2n) is 5.13. The van der Waals surface area contributed by atoms with E-state index < -0.39 is 6.29 Å². The SMILES string of the molecule is CC(Oc1ccccc1)Oc1cccc(O)c1-c1ccccc1. The highest BCUT2D eigenvalue weighted by molar-refractivity contribution is 5.76. The van der Waals surface area contributed by atoms with Crippen LogP contribution in [0, 0.1) is 0 Å². The highest BCUT2D eigenvalue weighted by Gasteiger charge is 2.14. The molecule has 3 rings (SSSR count). The lowest BCUT2D eigenvalue weighted by atomic mass is 10.0. The summed E-state index contributed by atoms with van der Waals surface area (Å²) in [4.78, 5) is 0. The lowest BCUT2D eigenvalue weighted by Crippen LogP contribution is -2.19. The van der Waals surface area contributed by atoms with Gasteiger partial charge in [-0.25, -0.2) is 0 Å². The lowest BCUT2D eigenvalue weighted by molar-refractivity contribution is 0.0227. The third kappa shape index (κ3) is 3.64. The Balaban J connectivity index is 1.84. The Morgan fingerprint density at radius 2 is 1.39 bits per heavy atom. The molecule has 3 aromatic carbocycles. The molecule has 3 aromatic rings. The molecule has 1 N–H and O–H groups in total. The number of rotatable bonds is 5. The van der Waals surface area contributed by atoms with Crippen LogP contribution in [-0.2, 0) is 0 Å². The van der Waals surface area contributed by atoms with Crippen molar-refractivity contribution in [3.8, 4) is 28.4 Å². The van der Waals surface area contributed by atoms with Crippen molar-refractivity contribution in [2.24, 2.45) is 0 Å². The van der Waals surface area contributed by atoms with Gasteiger partial charge >= 0.3 is 0 Å². The molecule has 116 valence electrons. The molecule has 0 radical (unpaired) electrons. The van der Waals surface area contributed by atoms with E-state index in [1.165, 1.54) is 0 Å². The van der Waals surface area contributed by atoms with Gasteiger partial charge in [0.2, 0.25) is 6.29 Å². The number of phenolic OH excluding ortho intramolecular Hbond substituents is 1. The smallest absolute Gasteiger partial charge is 0.238 e. The van der Waals surface area contributed by atoms with Crippen molar-refractivity contribution in [2.45, 2.75) is 13.2 Å². The first-order valence-electron chi connectivity index (χ1n) is 7.50. The van der Waals surface area contributed by atoms with Gasteiger partial charge in [-0.05, 0) is 29.8 Å². The molecule has 0 saturated heterocycles. The molecule has 0 saturated carbocycles. The summed E-state index contributed by atoms with van der Waals surface area (Å²) in [5, 5.41) is 10.2. The third-order valence-electron chi connectivity index (χ3n) is 3.40. The zero-order valence-electron chi connectivity index (χ0n) is 12.8. The average Bonchev–Trinajstić information content (AvgIpc) is 2.56. The van der Waals surface area contributed by atoms with Gasteiger partial charge in [0.05, 0.1) is 5.56 Å². The van der Waals surface area contributed by atoms with Gasteiger partial charge < -0.3 is 14.6 Å². The van der Waals surface area contributed by atoms with Crippen LogP contribution in [-0.4, -0.2) is 11.4 Å². The molecular formula is C20H18O3. The van der Waals surface area contributed by atoms with Crippen LogP contribution in [0.3, 0.4) is 0 Å². The van der Waals surface area contributed by atoms with Gasteiger partial charge in [-0.15, -0.1) is 0 Å². The molecule has 0 amide bonds. The quantitative estimate of drug-likeness (QED) is 0.684. The van der Waals surface area contributed by atoms with Crippen molar-refractivity contribution >= 4 is 0 Å². The zero-order chi connectivity index (χ0) is 16.1. The van der Waals surface area contributed by atoms with Gasteiger partial charge in [-0.2, -0.15) is 0 Å². The van der Waals surface area contributed by atoms with E-state index in [1.54, 1.807) is 12.1 Å². The van der Waals surface area contributed by atoms with Gasteiger partial charge in [-0.1, -0.05) is 54.6 Å². The van der Waals surface area contributed by atoms with Crippen molar-refractivity contribution in [2.75, 3.05) is 0 Å². The normalized spacial score (nSPS) is 11.7. The first-order chi connectivity index (χ1) is 11.2. The van der Waals surface area contributed by atoms with Gasteiger partial charge in [0.1, 0.15) is 17.2 Å². The number of aromatic hydroxyl groups is 1. The predicted molar refractivity (Wildman–Crippen MR) is 90.7 cm³/mol. The van der Waals surface area contributed by atoms with E-state index in [0.29, 0.717) is 11.3 Å². The molecule has 1 unspecified atom stereocenters. The fraction of sp³-hybridized carbons (Fsp3) is 0.100. The van der Waals surface area contributed by atoms with Crippen LogP contribution in [0.2, 0.25) is 0 Å². The average molecular weight is 306 g/mol. The van der Waals surface area contributed by atoms with Crippen molar-refractivity contribution in [1.29, 1.82) is 0 Å². The van der Waals surface area contributed by atoms with Gasteiger partial charge in [0.15, 0.2) is 0 Å². The minimum atomic E-state index is -0.485. The topological polar surface area (TPSA) is 38.7 Å². The Hall–Kier alpha value is -2.94. The van der Waals surface area contributed by atoms with Crippen LogP contribution < -0.4 is 9.47 Å². The Bertz CT molecular complexity index is 754. The number of phenols is 1. The molecule has 0 aliphatic heterocycles. The molecule has 0 bridgehead atoms. The Morgan fingerprint density at radius 1 is 0.739 bits per heavy atom. The van der Waals surface area contributed by atoms with E-state index in [2.05, 4.69) is 0 Å². The fourth-order valence-electron chi connectivity index (χ4n) is 2.41. The monoisotopic (exact) mass is 306 g/mol. The highest BCUT2D eigenvalue weighted by Crippen LogP contribution is 2.38. The number of benzene rings is 3. The minimum absolute atomic E-state index is 0.181. The summed E-state index contributed by atoms with van der Waals surface area (Å²) < 4.78 is 11.6. The van der Waals surface area contributed by atoms with Crippen LogP contribution >= 0.6 is 0 Å². The third-order valence-corrected chi connectivity index (χ3v) is 3.40. The van der Waals surface area contributed by atoms with E-state index in [9.17, 15) is 5.11 Å². The summed E-state index contributed by atoms with van der Waals surface area (Å²) in [6.07, 6.45) is -0.485. The maximum absolute atomic E-state index is 10.2. The summed E-state index contributed by atoms with van der Waals surface area (Å²) in [5.41, 5.74) is 1.56. The predicted octanol–water partition coefficient (Wildman–Crippen LogP) is 4.86. The summed E-state index contributed by atoms with van der Waals surface area (Å²) in [7, 11) is 0. The molecular weight excluding hydrogens is 288 g/mol. The van der Waals surface area contributed by atoms with Crippen LogP contribution in [0.5, 0.6) is 17.2 Å². The lowest BCUT2D eigenvalue weighted by Gasteiger charge is -2.19. The van der Waals surface area contributed by atoms with Gasteiger partial charge in [0, 0.05) is 6.92 Å². The van der Waals surface area contributed by atoms with Crippen molar-refractivity contribution in [3.05, 3.63) is 78.9 Å². The molecule has 3 heteroatoms. The van der Waals surface area contributed by atoms with E-state index in [1.807, 2.05) is 73.7 Å². The van der Waals surface area contributed by atoms with Gasteiger partial charge in [0.25, 0.3) is 0 Å². The van der Waals surface area contributed by atoms with Crippen LogP contribution in [0.25, 0.3) is 11.1 Å². The van der Waals surface area contributed by atoms with E-state index in [4.69, 9.17) is 9.47 Å². The van der Waals surface area contributed by atoms with Crippen molar-refractivity contribution in [3.63, 3.8) is 0 Å². The Morgan fingerprint density at radius 3 is 2.09 bits per heavy atom. The van der Waals surface area contributed by atoms with E-state index >= 15 is 0 Å². The summed E-state index contributed by atoms with van der Waals surface area (Å²) in [6.45, 7) is 1.83. The van der Waals surface area contributed by atoms with Gasteiger partial charge in [-0.3, -0.25) is 0 Å². The number of para-hydroxylation sites is 1. The largest absolute Gasteiger partial charge is 0.507 e.